The van der Waals surface area contributed by atoms with E-state index in [1.807, 2.05) is 27.7 Å². The molecule has 1 N–H and O–H groups in total. The molecule has 13 unspecified atom stereocenters. The molecular weight excluding hydrogens is 743 g/mol. The van der Waals surface area contributed by atoms with E-state index < -0.39 is 59.8 Å². The smallest absolute Gasteiger partial charge is 0.329 e. The van der Waals surface area contributed by atoms with Crippen molar-refractivity contribution in [2.24, 2.45) is 29.6 Å². The lowest BCUT2D eigenvalue weighted by Gasteiger charge is -2.47. The molecule has 0 aromatic rings. The number of allylic oxidation sites excluding steroid dienone is 3. The van der Waals surface area contributed by atoms with Gasteiger partial charge in [0.15, 0.2) is 0 Å². The van der Waals surface area contributed by atoms with E-state index in [0.29, 0.717) is 58.0 Å². The first-order valence-electron chi connectivity index (χ1n) is 21.8. The van der Waals surface area contributed by atoms with Crippen LogP contribution in [0.25, 0.3) is 0 Å². The number of hydrogen-bond acceptors (Lipinski definition) is 11. The van der Waals surface area contributed by atoms with Crippen LogP contribution in [0.1, 0.15) is 119 Å². The number of aliphatic hydroxyl groups is 1. The minimum absolute atomic E-state index is 0.0383. The normalized spacial score (nSPS) is 38.3. The summed E-state index contributed by atoms with van der Waals surface area (Å²) < 4.78 is 36.3. The van der Waals surface area contributed by atoms with E-state index in [9.17, 15) is 24.3 Å². The molecule has 0 radical (unpaired) electrons. The number of amides is 1. The number of nitrogens with zero attached hydrogens (tertiary/aromatic N) is 1. The molecule has 3 heterocycles. The summed E-state index contributed by atoms with van der Waals surface area (Å²) in [5, 5.41) is 12.1. The molecule has 13 atom stereocenters. The third-order valence-corrected chi connectivity index (χ3v) is 13.2. The van der Waals surface area contributed by atoms with Crippen LogP contribution in [0.5, 0.6) is 0 Å². The van der Waals surface area contributed by atoms with Crippen LogP contribution in [0.2, 0.25) is 0 Å². The Morgan fingerprint density at radius 3 is 2.29 bits per heavy atom. The van der Waals surface area contributed by atoms with Gasteiger partial charge in [0.05, 0.1) is 31.0 Å². The Morgan fingerprint density at radius 1 is 0.948 bits per heavy atom. The Bertz CT molecular complexity index is 1480. The minimum Gasteiger partial charge on any atom is -0.456 e. The molecule has 4 rings (SSSR count). The first-order chi connectivity index (χ1) is 27.6. The predicted molar refractivity (Wildman–Crippen MR) is 221 cm³/mol. The van der Waals surface area contributed by atoms with Crippen molar-refractivity contribution >= 4 is 23.4 Å². The van der Waals surface area contributed by atoms with E-state index >= 15 is 0 Å². The minimum atomic E-state index is -2.46. The van der Waals surface area contributed by atoms with Gasteiger partial charge in [0.1, 0.15) is 24.0 Å². The van der Waals surface area contributed by atoms with Gasteiger partial charge in [-0.15, -0.1) is 6.58 Å². The molecule has 12 nitrogen and oxygen atoms in total. The van der Waals surface area contributed by atoms with E-state index in [4.69, 9.17) is 28.4 Å². The van der Waals surface area contributed by atoms with Crippen molar-refractivity contribution in [2.45, 2.75) is 167 Å². The lowest BCUT2D eigenvalue weighted by atomic mass is 9.82. The molecule has 1 saturated carbocycles. The number of Topliss-reactive ketones (excluding diaryl/α,β-unsaturated/α-hetero) is 2. The molecule has 0 aromatic heterocycles. The Labute approximate surface area is 347 Å². The van der Waals surface area contributed by atoms with E-state index in [1.54, 1.807) is 34.3 Å². The molecule has 3 aliphatic heterocycles. The zero-order chi connectivity index (χ0) is 42.7. The van der Waals surface area contributed by atoms with E-state index in [0.717, 1.165) is 30.4 Å². The summed E-state index contributed by atoms with van der Waals surface area (Å²) in [5.41, 5.74) is 1.95. The second-order valence-corrected chi connectivity index (χ2v) is 17.6. The van der Waals surface area contributed by atoms with Crippen molar-refractivity contribution in [2.75, 3.05) is 34.5 Å². The molecule has 2 bridgehead atoms. The number of ether oxygens (including phenoxy) is 6. The van der Waals surface area contributed by atoms with Gasteiger partial charge < -0.3 is 38.4 Å². The fourth-order valence-corrected chi connectivity index (χ4v) is 9.76. The van der Waals surface area contributed by atoms with Gasteiger partial charge in [0.25, 0.3) is 11.7 Å². The molecule has 1 amide bonds. The highest BCUT2D eigenvalue weighted by Gasteiger charge is 2.56. The fraction of sp³-hybridized carbons (Fsp3) is 0.783. The summed E-state index contributed by atoms with van der Waals surface area (Å²) in [4.78, 5) is 57.9. The summed E-state index contributed by atoms with van der Waals surface area (Å²) in [6.45, 7) is 16.2. The first-order valence-corrected chi connectivity index (χ1v) is 21.8. The SMILES string of the molecule is C=CCOC1CCC(C=C(C)C2OC(=O)C3CCCCN3C(=O)C(=O)C3(O)OC(C(OC)CC(C)CC(C)=CC(CC)C(=O)CCC2C)C(OC)CC3C)CC1OC. The molecular formula is C46H73NO11. The summed E-state index contributed by atoms with van der Waals surface area (Å²) in [5.74, 6) is -6.05. The van der Waals surface area contributed by atoms with Crippen LogP contribution in [0.3, 0.4) is 0 Å². The molecule has 12 heteroatoms. The number of hydrogen-bond donors (Lipinski definition) is 1. The predicted octanol–water partition coefficient (Wildman–Crippen LogP) is 6.71. The van der Waals surface area contributed by atoms with Gasteiger partial charge in [-0.05, 0) is 108 Å². The van der Waals surface area contributed by atoms with Gasteiger partial charge in [-0.2, -0.15) is 0 Å². The standard InChI is InChI=1S/C46H73NO11/c1-11-21-56-37-19-17-33(27-38(37)53-8)25-31(6)41-30(5)16-18-36(48)34(12-2)23-28(3)22-29(4)24-39(54-9)42-40(55-10)26-32(7)46(52,58-42)43(49)44(50)47-20-14-13-15-35(47)45(51)57-41/h11,23,25,29-30,32-35,37-42,52H,1,12-22,24,26-27H2,2-10H3. The number of carbonyl (C=O) groups excluding carboxylic acids is 4. The number of cyclic esters (lactones) is 1. The zero-order valence-electron chi connectivity index (χ0n) is 36.7. The van der Waals surface area contributed by atoms with Crippen molar-refractivity contribution in [3.05, 3.63) is 36.0 Å². The van der Waals surface area contributed by atoms with Crippen molar-refractivity contribution < 1.29 is 52.7 Å². The summed E-state index contributed by atoms with van der Waals surface area (Å²) in [7, 11) is 4.81. The molecule has 58 heavy (non-hydrogen) atoms. The second kappa shape index (κ2) is 22.2. The largest absolute Gasteiger partial charge is 0.456 e. The summed E-state index contributed by atoms with van der Waals surface area (Å²) >= 11 is 0. The average Bonchev–Trinajstić information content (AvgIpc) is 3.21. The Balaban J connectivity index is 1.72. The fourth-order valence-electron chi connectivity index (χ4n) is 9.76. The maximum Gasteiger partial charge on any atom is 0.329 e. The quantitative estimate of drug-likeness (QED) is 0.151. The third kappa shape index (κ3) is 11.8. The molecule has 3 fully saturated rings. The third-order valence-electron chi connectivity index (χ3n) is 13.2. The maximum atomic E-state index is 14.4. The van der Waals surface area contributed by atoms with Crippen LogP contribution < -0.4 is 0 Å². The highest BCUT2D eigenvalue weighted by molar-refractivity contribution is 6.39. The van der Waals surface area contributed by atoms with Gasteiger partial charge in [-0.25, -0.2) is 4.79 Å². The van der Waals surface area contributed by atoms with Gasteiger partial charge >= 0.3 is 5.97 Å². The van der Waals surface area contributed by atoms with Crippen LogP contribution in [0.4, 0.5) is 0 Å². The summed E-state index contributed by atoms with van der Waals surface area (Å²) in [6.07, 6.45) is 10.1. The molecule has 328 valence electrons. The topological polar surface area (TPSA) is 147 Å². The number of ketones is 2. The van der Waals surface area contributed by atoms with Gasteiger partial charge in [0, 0.05) is 46.1 Å². The first kappa shape index (κ1) is 47.9. The molecule has 0 aromatic carbocycles. The van der Waals surface area contributed by atoms with Crippen LogP contribution in [-0.2, 0) is 47.6 Å². The average molecular weight is 816 g/mol. The van der Waals surface area contributed by atoms with Crippen molar-refractivity contribution in [3.63, 3.8) is 0 Å². The van der Waals surface area contributed by atoms with Crippen LogP contribution in [0.15, 0.2) is 36.0 Å². The van der Waals surface area contributed by atoms with Crippen molar-refractivity contribution in [3.8, 4) is 0 Å². The van der Waals surface area contributed by atoms with E-state index in [-0.39, 0.29) is 54.6 Å². The highest BCUT2D eigenvalue weighted by Crippen LogP contribution is 2.39. The maximum absolute atomic E-state index is 14.4. The van der Waals surface area contributed by atoms with E-state index in [1.165, 1.54) is 4.90 Å². The molecule has 2 saturated heterocycles. The van der Waals surface area contributed by atoms with Crippen molar-refractivity contribution in [1.29, 1.82) is 0 Å². The number of fused-ring (bicyclic) bond motifs is 3. The van der Waals surface area contributed by atoms with Gasteiger partial charge in [-0.3, -0.25) is 14.4 Å². The van der Waals surface area contributed by atoms with Crippen LogP contribution in [0, 0.1) is 29.6 Å². The van der Waals surface area contributed by atoms with Crippen molar-refractivity contribution in [1.82, 2.24) is 4.90 Å². The zero-order valence-corrected chi connectivity index (χ0v) is 36.7. The Morgan fingerprint density at radius 2 is 1.64 bits per heavy atom. The molecule has 1 aliphatic carbocycles. The van der Waals surface area contributed by atoms with Gasteiger partial charge in [-0.1, -0.05) is 51.5 Å². The van der Waals surface area contributed by atoms with Gasteiger partial charge in [0.2, 0.25) is 5.79 Å². The molecule has 4 aliphatic rings. The number of piperidine rings is 1. The number of methoxy groups -OCH3 is 3. The number of carbonyl (C=O) groups is 4. The molecule has 0 spiro atoms. The second-order valence-electron chi connectivity index (χ2n) is 17.6. The van der Waals surface area contributed by atoms with E-state index in [2.05, 4.69) is 25.7 Å². The summed E-state index contributed by atoms with van der Waals surface area (Å²) in [6, 6.07) is -1.03. The lowest BCUT2D eigenvalue weighted by Crippen LogP contribution is -2.64. The lowest BCUT2D eigenvalue weighted by molar-refractivity contribution is -0.302. The van der Waals surface area contributed by atoms with Crippen LogP contribution >= 0.6 is 0 Å². The highest BCUT2D eigenvalue weighted by atomic mass is 16.7. The Hall–Kier alpha value is -2.74. The van der Waals surface area contributed by atoms with Crippen LogP contribution in [-0.4, -0.2) is 116 Å². The number of rotatable bonds is 9. The monoisotopic (exact) mass is 816 g/mol. The Kier molecular flexibility index (Phi) is 18.3. The number of esters is 1.